The summed E-state index contributed by atoms with van der Waals surface area (Å²) in [5, 5.41) is 8.00. The summed E-state index contributed by atoms with van der Waals surface area (Å²) < 4.78 is 10.7. The van der Waals surface area contributed by atoms with Gasteiger partial charge in [0.2, 0.25) is 23.6 Å². The van der Waals surface area contributed by atoms with E-state index >= 15 is 0 Å². The van der Waals surface area contributed by atoms with Gasteiger partial charge in [0.1, 0.15) is 0 Å². The van der Waals surface area contributed by atoms with Gasteiger partial charge in [0.25, 0.3) is 0 Å². The maximum absolute atomic E-state index is 5.52. The molecule has 22 heavy (non-hydrogen) atoms. The summed E-state index contributed by atoms with van der Waals surface area (Å²) in [6, 6.07) is 1.87. The minimum atomic E-state index is 0.120. The number of methoxy groups -OCH3 is 1. The van der Waals surface area contributed by atoms with Crippen molar-refractivity contribution < 1.29 is 9.15 Å². The molecule has 0 spiro atoms. The highest BCUT2D eigenvalue weighted by Gasteiger charge is 2.26. The van der Waals surface area contributed by atoms with Crippen molar-refractivity contribution in [1.82, 2.24) is 25.1 Å². The number of aromatic nitrogens is 4. The van der Waals surface area contributed by atoms with Crippen molar-refractivity contribution >= 4 is 5.95 Å². The van der Waals surface area contributed by atoms with Crippen LogP contribution < -0.4 is 9.64 Å². The molecule has 8 nitrogen and oxygen atoms in total. The molecular weight excluding hydrogens is 284 g/mol. The molecular formula is C14H20N6O2. The summed E-state index contributed by atoms with van der Waals surface area (Å²) in [6.45, 7) is 7.38. The van der Waals surface area contributed by atoms with Gasteiger partial charge in [0, 0.05) is 45.4 Å². The highest BCUT2D eigenvalue weighted by molar-refractivity contribution is 5.32. The summed E-state index contributed by atoms with van der Waals surface area (Å²) in [5.41, 5.74) is 0. The molecule has 0 N–H and O–H groups in total. The van der Waals surface area contributed by atoms with Crippen LogP contribution in [0.3, 0.4) is 0 Å². The third kappa shape index (κ3) is 3.01. The first-order chi connectivity index (χ1) is 10.7. The highest BCUT2D eigenvalue weighted by Crippen LogP contribution is 2.22. The molecule has 0 bridgehead atoms. The Morgan fingerprint density at radius 3 is 2.64 bits per heavy atom. The SMILES string of the molecule is COc1ccnc(N2CCN([C@@H](C)c3nnc(C)o3)CC2)n1. The summed E-state index contributed by atoms with van der Waals surface area (Å²) in [6.07, 6.45) is 1.72. The molecule has 0 aromatic carbocycles. The molecule has 1 atom stereocenters. The average molecular weight is 304 g/mol. The summed E-state index contributed by atoms with van der Waals surface area (Å²) in [7, 11) is 1.61. The van der Waals surface area contributed by atoms with E-state index in [0.29, 0.717) is 23.6 Å². The third-order valence-corrected chi connectivity index (χ3v) is 3.87. The van der Waals surface area contributed by atoms with Crippen molar-refractivity contribution in [2.75, 3.05) is 38.2 Å². The van der Waals surface area contributed by atoms with Crippen LogP contribution in [0.4, 0.5) is 5.95 Å². The lowest BCUT2D eigenvalue weighted by Crippen LogP contribution is -2.47. The van der Waals surface area contributed by atoms with E-state index in [9.17, 15) is 0 Å². The summed E-state index contributed by atoms with van der Waals surface area (Å²) >= 11 is 0. The van der Waals surface area contributed by atoms with Gasteiger partial charge >= 0.3 is 0 Å². The van der Waals surface area contributed by atoms with Crippen LogP contribution in [-0.4, -0.2) is 58.4 Å². The third-order valence-electron chi connectivity index (χ3n) is 3.87. The Hall–Kier alpha value is -2.22. The lowest BCUT2D eigenvalue weighted by molar-refractivity contribution is 0.171. The molecule has 1 aliphatic heterocycles. The Balaban J connectivity index is 1.62. The molecule has 1 aliphatic rings. The molecule has 2 aromatic heterocycles. The van der Waals surface area contributed by atoms with E-state index in [2.05, 4.69) is 36.9 Å². The van der Waals surface area contributed by atoms with Gasteiger partial charge in [-0.2, -0.15) is 4.98 Å². The summed E-state index contributed by atoms with van der Waals surface area (Å²) in [4.78, 5) is 13.2. The van der Waals surface area contributed by atoms with Crippen molar-refractivity contribution in [2.45, 2.75) is 19.9 Å². The van der Waals surface area contributed by atoms with Gasteiger partial charge < -0.3 is 14.1 Å². The monoisotopic (exact) mass is 304 g/mol. The Bertz CT molecular complexity index is 623. The fraction of sp³-hybridized carbons (Fsp3) is 0.571. The standard InChI is InChI=1S/C14H20N6O2/c1-10(13-18-17-11(2)22-13)19-6-8-20(9-7-19)14-15-5-4-12(16-14)21-3/h4-5,10H,6-9H2,1-3H3/t10-/m0/s1. The van der Waals surface area contributed by atoms with E-state index in [1.165, 1.54) is 0 Å². The first-order valence-electron chi connectivity index (χ1n) is 7.33. The number of hydrogen-bond acceptors (Lipinski definition) is 8. The number of anilines is 1. The van der Waals surface area contributed by atoms with Gasteiger partial charge in [-0.3, -0.25) is 4.90 Å². The predicted molar refractivity (Wildman–Crippen MR) is 79.8 cm³/mol. The molecule has 3 heterocycles. The maximum Gasteiger partial charge on any atom is 0.233 e. The molecule has 0 aliphatic carbocycles. The Morgan fingerprint density at radius 2 is 2.00 bits per heavy atom. The van der Waals surface area contributed by atoms with Gasteiger partial charge in [-0.1, -0.05) is 0 Å². The van der Waals surface area contributed by atoms with Crippen molar-refractivity contribution in [3.8, 4) is 5.88 Å². The van der Waals surface area contributed by atoms with Gasteiger partial charge in [-0.15, -0.1) is 10.2 Å². The number of hydrogen-bond donors (Lipinski definition) is 0. The maximum atomic E-state index is 5.52. The quantitative estimate of drug-likeness (QED) is 0.829. The van der Waals surface area contributed by atoms with Crippen LogP contribution >= 0.6 is 0 Å². The number of piperazine rings is 1. The van der Waals surface area contributed by atoms with Crippen molar-refractivity contribution in [2.24, 2.45) is 0 Å². The average Bonchev–Trinajstić information content (AvgIpc) is 3.01. The zero-order valence-corrected chi connectivity index (χ0v) is 13.1. The fourth-order valence-corrected chi connectivity index (χ4v) is 2.54. The first kappa shape index (κ1) is 14.7. The van der Waals surface area contributed by atoms with Crippen LogP contribution in [0, 0.1) is 6.92 Å². The largest absolute Gasteiger partial charge is 0.481 e. The van der Waals surface area contributed by atoms with Gasteiger partial charge in [0.15, 0.2) is 0 Å². The minimum absolute atomic E-state index is 0.120. The van der Waals surface area contributed by atoms with Crippen LogP contribution in [0.1, 0.15) is 24.7 Å². The van der Waals surface area contributed by atoms with E-state index in [4.69, 9.17) is 9.15 Å². The number of nitrogens with zero attached hydrogens (tertiary/aromatic N) is 6. The molecule has 1 saturated heterocycles. The van der Waals surface area contributed by atoms with Gasteiger partial charge in [-0.05, 0) is 6.92 Å². The second-order valence-electron chi connectivity index (χ2n) is 5.26. The molecule has 0 amide bonds. The minimum Gasteiger partial charge on any atom is -0.481 e. The fourth-order valence-electron chi connectivity index (χ4n) is 2.54. The first-order valence-corrected chi connectivity index (χ1v) is 7.33. The Morgan fingerprint density at radius 1 is 1.23 bits per heavy atom. The van der Waals surface area contributed by atoms with Crippen LogP contribution in [0.2, 0.25) is 0 Å². The molecule has 0 radical (unpaired) electrons. The van der Waals surface area contributed by atoms with Crippen molar-refractivity contribution in [1.29, 1.82) is 0 Å². The van der Waals surface area contributed by atoms with Crippen molar-refractivity contribution in [3.63, 3.8) is 0 Å². The van der Waals surface area contributed by atoms with E-state index in [1.54, 1.807) is 26.3 Å². The van der Waals surface area contributed by atoms with Gasteiger partial charge in [-0.25, -0.2) is 4.98 Å². The van der Waals surface area contributed by atoms with Crippen molar-refractivity contribution in [3.05, 3.63) is 24.0 Å². The van der Waals surface area contributed by atoms with E-state index < -0.39 is 0 Å². The second kappa shape index (κ2) is 6.27. The topological polar surface area (TPSA) is 80.4 Å². The van der Waals surface area contributed by atoms with Gasteiger partial charge in [0.05, 0.1) is 13.2 Å². The molecule has 0 unspecified atom stereocenters. The normalized spacial score (nSPS) is 17.5. The zero-order valence-electron chi connectivity index (χ0n) is 13.1. The molecule has 3 rings (SSSR count). The van der Waals surface area contributed by atoms with Crippen LogP contribution in [0.15, 0.2) is 16.7 Å². The Kier molecular flexibility index (Phi) is 4.19. The van der Waals surface area contributed by atoms with Crippen LogP contribution in [-0.2, 0) is 0 Å². The van der Waals surface area contributed by atoms with E-state index in [1.807, 2.05) is 0 Å². The predicted octanol–water partition coefficient (Wildman–Crippen LogP) is 1.06. The lowest BCUT2D eigenvalue weighted by Gasteiger charge is -2.36. The van der Waals surface area contributed by atoms with E-state index in [0.717, 1.165) is 26.2 Å². The molecule has 1 fully saturated rings. The number of ether oxygens (including phenoxy) is 1. The number of rotatable bonds is 4. The molecule has 2 aromatic rings. The second-order valence-corrected chi connectivity index (χ2v) is 5.26. The molecule has 0 saturated carbocycles. The molecule has 8 heteroatoms. The molecule has 118 valence electrons. The Labute approximate surface area is 129 Å². The lowest BCUT2D eigenvalue weighted by atomic mass is 10.2. The summed E-state index contributed by atoms with van der Waals surface area (Å²) in [5.74, 6) is 2.57. The zero-order chi connectivity index (χ0) is 15.5. The van der Waals surface area contributed by atoms with E-state index in [-0.39, 0.29) is 6.04 Å². The van der Waals surface area contributed by atoms with Crippen LogP contribution in [0.25, 0.3) is 0 Å². The van der Waals surface area contributed by atoms with Crippen LogP contribution in [0.5, 0.6) is 5.88 Å². The smallest absolute Gasteiger partial charge is 0.233 e. The number of aryl methyl sites for hydroxylation is 1. The highest BCUT2D eigenvalue weighted by atomic mass is 16.5.